The average molecular weight is 670 g/mol. The van der Waals surface area contributed by atoms with Gasteiger partial charge in [-0.25, -0.2) is 9.59 Å². The summed E-state index contributed by atoms with van der Waals surface area (Å²) < 4.78 is 5.28. The zero-order valence-electron chi connectivity index (χ0n) is 27.7. The van der Waals surface area contributed by atoms with Gasteiger partial charge in [0.05, 0.1) is 19.2 Å². The van der Waals surface area contributed by atoms with E-state index in [0.29, 0.717) is 12.0 Å². The third-order valence-electron chi connectivity index (χ3n) is 8.25. The molecule has 1 heterocycles. The highest BCUT2D eigenvalue weighted by atomic mass is 16.5. The van der Waals surface area contributed by atoms with Crippen molar-refractivity contribution in [1.29, 1.82) is 0 Å². The molecule has 1 aromatic rings. The number of carboxylic acids is 1. The van der Waals surface area contributed by atoms with Crippen molar-refractivity contribution < 1.29 is 43.4 Å². The van der Waals surface area contributed by atoms with E-state index in [4.69, 9.17) is 4.74 Å². The Morgan fingerprint density at radius 3 is 2.27 bits per heavy atom. The lowest BCUT2D eigenvalue weighted by Gasteiger charge is -2.34. The van der Waals surface area contributed by atoms with Crippen LogP contribution >= 0.6 is 0 Å². The highest BCUT2D eigenvalue weighted by Crippen LogP contribution is 2.28. The second-order valence-corrected chi connectivity index (χ2v) is 12.5. The highest BCUT2D eigenvalue weighted by molar-refractivity contribution is 6.38. The number of rotatable bonds is 16. The van der Waals surface area contributed by atoms with Crippen molar-refractivity contribution >= 4 is 41.5 Å². The first kappa shape index (κ1) is 37.7. The van der Waals surface area contributed by atoms with Gasteiger partial charge < -0.3 is 36.0 Å². The highest BCUT2D eigenvalue weighted by Gasteiger charge is 2.40. The van der Waals surface area contributed by atoms with Crippen LogP contribution in [0, 0.1) is 11.8 Å². The maximum atomic E-state index is 13.9. The normalized spacial score (nSPS) is 17.9. The van der Waals surface area contributed by atoms with Gasteiger partial charge in [0.2, 0.25) is 23.5 Å². The number of nitrogens with one attached hydrogen (secondary N) is 4. The van der Waals surface area contributed by atoms with Crippen LogP contribution in [0.3, 0.4) is 0 Å². The molecular weight excluding hydrogens is 622 g/mol. The Morgan fingerprint density at radius 2 is 1.65 bits per heavy atom. The van der Waals surface area contributed by atoms with Gasteiger partial charge in [-0.05, 0) is 36.7 Å². The van der Waals surface area contributed by atoms with Crippen molar-refractivity contribution in [2.24, 2.45) is 11.8 Å². The smallest absolute Gasteiger partial charge is 0.407 e. The van der Waals surface area contributed by atoms with E-state index in [-0.39, 0.29) is 31.4 Å². The fraction of sp³-hybridized carbons (Fsp3) is 0.559. The molecule has 1 aromatic carbocycles. The molecule has 4 atom stereocenters. The van der Waals surface area contributed by atoms with E-state index in [9.17, 15) is 38.7 Å². The molecule has 1 fully saturated rings. The van der Waals surface area contributed by atoms with Gasteiger partial charge in [-0.1, -0.05) is 88.9 Å². The number of carbonyl (C=O) groups is 7. The largest absolute Gasteiger partial charge is 0.479 e. The molecule has 14 nitrogen and oxygen atoms in total. The number of alkyl carbamates (subject to hydrolysis) is 1. The number of aliphatic carboxylic acids is 1. The molecular formula is C34H47N5O9. The predicted octanol–water partition coefficient (Wildman–Crippen LogP) is 2.00. The molecule has 48 heavy (non-hydrogen) atoms. The quantitative estimate of drug-likeness (QED) is 0.129. The Labute approximate surface area is 280 Å². The Morgan fingerprint density at radius 1 is 0.958 bits per heavy atom. The number of benzene rings is 1. The minimum Gasteiger partial charge on any atom is -0.479 e. The molecule has 14 heteroatoms. The first-order chi connectivity index (χ1) is 22.9. The number of Topliss-reactive ketones (excluding diaryl/α,β-unsaturated/α-hetero) is 1. The van der Waals surface area contributed by atoms with Crippen molar-refractivity contribution in [3.63, 3.8) is 0 Å². The fourth-order valence-electron chi connectivity index (χ4n) is 5.78. The fourth-order valence-corrected chi connectivity index (χ4v) is 5.78. The number of ketones is 1. The van der Waals surface area contributed by atoms with Crippen LogP contribution in [0.4, 0.5) is 4.79 Å². The summed E-state index contributed by atoms with van der Waals surface area (Å²) in [7, 11) is 0. The summed E-state index contributed by atoms with van der Waals surface area (Å²) >= 11 is 0. The number of carboxylic acid groups (broad SMARTS) is 1. The van der Waals surface area contributed by atoms with Gasteiger partial charge in [-0.2, -0.15) is 0 Å². The lowest BCUT2D eigenvalue weighted by Crippen LogP contribution is -2.58. The van der Waals surface area contributed by atoms with E-state index < -0.39 is 72.2 Å². The van der Waals surface area contributed by atoms with E-state index in [2.05, 4.69) is 21.3 Å². The van der Waals surface area contributed by atoms with E-state index >= 15 is 0 Å². The Bertz CT molecular complexity index is 1340. The Kier molecular flexibility index (Phi) is 14.6. The van der Waals surface area contributed by atoms with Gasteiger partial charge in [-0.15, -0.1) is 0 Å². The van der Waals surface area contributed by atoms with Gasteiger partial charge in [-0.3, -0.25) is 24.0 Å². The van der Waals surface area contributed by atoms with Gasteiger partial charge in [0.15, 0.2) is 6.04 Å². The lowest BCUT2D eigenvalue weighted by atomic mass is 9.83. The zero-order valence-corrected chi connectivity index (χ0v) is 27.7. The van der Waals surface area contributed by atoms with Crippen LogP contribution in [0.2, 0.25) is 0 Å². The van der Waals surface area contributed by atoms with Crippen LogP contribution in [0.15, 0.2) is 42.5 Å². The first-order valence-electron chi connectivity index (χ1n) is 16.5. The van der Waals surface area contributed by atoms with Crippen LogP contribution in [0.1, 0.15) is 77.3 Å². The molecule has 1 aliphatic carbocycles. The Balaban J connectivity index is 1.63. The van der Waals surface area contributed by atoms with Crippen molar-refractivity contribution in [3.8, 4) is 0 Å². The van der Waals surface area contributed by atoms with Crippen molar-refractivity contribution in [2.75, 3.05) is 19.7 Å². The molecule has 3 rings (SSSR count). The molecule has 0 spiro atoms. The molecule has 262 valence electrons. The van der Waals surface area contributed by atoms with Gasteiger partial charge >= 0.3 is 12.1 Å². The number of hydrogen-bond donors (Lipinski definition) is 5. The SMILES string of the molecule is CCCC(NC(=O)[C@@H]1C=CCN1C(=O)[C@@H](NC(=O)OCC(C)C)C1CCCCC1)C(=O)C(=O)NCC(=O)N[C@H](C(=O)O)c1ccccc1. The summed E-state index contributed by atoms with van der Waals surface area (Å²) in [6.45, 7) is 5.20. The summed E-state index contributed by atoms with van der Waals surface area (Å²) in [4.78, 5) is 91.3. The average Bonchev–Trinajstić information content (AvgIpc) is 3.58. The zero-order chi connectivity index (χ0) is 35.2. The second kappa shape index (κ2) is 18.6. The van der Waals surface area contributed by atoms with Crippen LogP contribution in [0.25, 0.3) is 0 Å². The number of hydrogen-bond acceptors (Lipinski definition) is 8. The van der Waals surface area contributed by atoms with Crippen molar-refractivity contribution in [1.82, 2.24) is 26.2 Å². The van der Waals surface area contributed by atoms with E-state index in [1.54, 1.807) is 31.2 Å². The maximum absolute atomic E-state index is 13.9. The van der Waals surface area contributed by atoms with Gasteiger partial charge in [0.25, 0.3) is 5.91 Å². The summed E-state index contributed by atoms with van der Waals surface area (Å²) in [6, 6.07) is 3.41. The van der Waals surface area contributed by atoms with Crippen molar-refractivity contribution in [2.45, 2.75) is 89.9 Å². The van der Waals surface area contributed by atoms with Crippen molar-refractivity contribution in [3.05, 3.63) is 48.0 Å². The molecule has 0 aromatic heterocycles. The lowest BCUT2D eigenvalue weighted by molar-refractivity contribution is -0.143. The molecule has 0 radical (unpaired) electrons. The van der Waals surface area contributed by atoms with Gasteiger partial charge in [0, 0.05) is 6.54 Å². The van der Waals surface area contributed by atoms with Crippen LogP contribution < -0.4 is 21.3 Å². The monoisotopic (exact) mass is 669 g/mol. The molecule has 1 unspecified atom stereocenters. The maximum Gasteiger partial charge on any atom is 0.407 e. The van der Waals surface area contributed by atoms with E-state index in [1.807, 2.05) is 13.8 Å². The van der Waals surface area contributed by atoms with Gasteiger partial charge in [0.1, 0.15) is 12.1 Å². The summed E-state index contributed by atoms with van der Waals surface area (Å²) in [6.07, 6.45) is 7.36. The third kappa shape index (κ3) is 10.9. The molecule has 0 bridgehead atoms. The molecule has 5 N–H and O–H groups in total. The molecule has 1 aliphatic heterocycles. The second-order valence-electron chi connectivity index (χ2n) is 12.5. The number of carbonyl (C=O) groups excluding carboxylic acids is 6. The minimum atomic E-state index is -1.36. The van der Waals surface area contributed by atoms with Crippen LogP contribution in [-0.2, 0) is 33.5 Å². The number of amides is 5. The third-order valence-corrected chi connectivity index (χ3v) is 8.25. The van der Waals surface area contributed by atoms with Crippen LogP contribution in [0.5, 0.6) is 0 Å². The first-order valence-corrected chi connectivity index (χ1v) is 16.5. The van der Waals surface area contributed by atoms with E-state index in [1.165, 1.54) is 23.1 Å². The Hall–Kier alpha value is -4.75. The minimum absolute atomic E-state index is 0.109. The molecule has 1 saturated carbocycles. The number of nitrogens with zero attached hydrogens (tertiary/aromatic N) is 1. The molecule has 2 aliphatic rings. The summed E-state index contributed by atoms with van der Waals surface area (Å²) in [5.74, 6) is -5.39. The summed E-state index contributed by atoms with van der Waals surface area (Å²) in [5, 5.41) is 19.4. The molecule has 5 amide bonds. The molecule has 0 saturated heterocycles. The summed E-state index contributed by atoms with van der Waals surface area (Å²) in [5.41, 5.74) is 0.326. The standard InChI is InChI=1S/C34H47N5O9/c1-4-12-24(29(41)31(43)35-19-26(40)37-28(33(45)46)23-15-9-6-10-16-23)36-30(42)25-17-11-18-39(25)32(44)27(22-13-7-5-8-14-22)38-34(47)48-20-21(2)3/h6,9-11,15-17,21-22,24-25,27-28H,4-5,7-8,12-14,18-20H2,1-3H3,(H,35,43)(H,36,42)(H,37,40)(H,38,47)(H,45,46)/t24?,25-,27-,28-/m0/s1. The predicted molar refractivity (Wildman–Crippen MR) is 174 cm³/mol. The van der Waals surface area contributed by atoms with E-state index in [0.717, 1.165) is 32.1 Å². The topological polar surface area (TPSA) is 200 Å². The van der Waals surface area contributed by atoms with Crippen LogP contribution in [-0.4, -0.2) is 89.3 Å². The number of ether oxygens (including phenoxy) is 1.